The van der Waals surface area contributed by atoms with E-state index in [1.54, 1.807) is 18.0 Å². The van der Waals surface area contributed by atoms with E-state index in [1.807, 2.05) is 18.2 Å². The molecular formula is C16H24N2O3. The van der Waals surface area contributed by atoms with Crippen LogP contribution in [0.25, 0.3) is 0 Å². The van der Waals surface area contributed by atoms with Crippen LogP contribution in [0.2, 0.25) is 0 Å². The van der Waals surface area contributed by atoms with Gasteiger partial charge in [0.15, 0.2) is 0 Å². The van der Waals surface area contributed by atoms with Crippen molar-refractivity contribution in [2.24, 2.45) is 5.73 Å². The molecule has 1 aliphatic heterocycles. The lowest BCUT2D eigenvalue weighted by Crippen LogP contribution is -2.47. The van der Waals surface area contributed by atoms with Gasteiger partial charge >= 0.3 is 0 Å². The molecule has 0 atom stereocenters. The molecule has 1 aliphatic rings. The Morgan fingerprint density at radius 1 is 1.43 bits per heavy atom. The number of carbonyl (C=O) groups excluding carboxylic acids is 1. The predicted molar refractivity (Wildman–Crippen MR) is 81.2 cm³/mol. The summed E-state index contributed by atoms with van der Waals surface area (Å²) < 4.78 is 5.26. The maximum atomic E-state index is 12.5. The first-order chi connectivity index (χ1) is 10.0. The van der Waals surface area contributed by atoms with Crippen LogP contribution in [-0.2, 0) is 11.2 Å². The molecule has 0 bridgehead atoms. The van der Waals surface area contributed by atoms with Crippen LogP contribution in [0.15, 0.2) is 24.3 Å². The largest absolute Gasteiger partial charge is 0.388 e. The summed E-state index contributed by atoms with van der Waals surface area (Å²) >= 11 is 0. The maximum Gasteiger partial charge on any atom is 0.253 e. The van der Waals surface area contributed by atoms with Gasteiger partial charge in [0.1, 0.15) is 0 Å². The zero-order chi connectivity index (χ0) is 15.3. The normalized spacial score (nSPS) is 17.5. The number of hydrogen-bond acceptors (Lipinski definition) is 4. The summed E-state index contributed by atoms with van der Waals surface area (Å²) in [4.78, 5) is 14.1. The van der Waals surface area contributed by atoms with Crippen molar-refractivity contribution < 1.29 is 14.6 Å². The van der Waals surface area contributed by atoms with Gasteiger partial charge in [-0.3, -0.25) is 4.79 Å². The lowest BCUT2D eigenvalue weighted by atomic mass is 9.93. The Labute approximate surface area is 125 Å². The predicted octanol–water partition coefficient (Wildman–Crippen LogP) is 0.801. The fourth-order valence-corrected chi connectivity index (χ4v) is 2.67. The van der Waals surface area contributed by atoms with Crippen LogP contribution in [0.4, 0.5) is 0 Å². The zero-order valence-electron chi connectivity index (χ0n) is 12.5. The van der Waals surface area contributed by atoms with E-state index in [9.17, 15) is 9.90 Å². The van der Waals surface area contributed by atoms with Crippen LogP contribution in [0, 0.1) is 0 Å². The summed E-state index contributed by atoms with van der Waals surface area (Å²) in [5.74, 6) is -0.0752. The van der Waals surface area contributed by atoms with Crippen molar-refractivity contribution in [1.82, 2.24) is 4.90 Å². The number of amides is 1. The first-order valence-corrected chi connectivity index (χ1v) is 7.39. The third-order valence-electron chi connectivity index (χ3n) is 3.91. The van der Waals surface area contributed by atoms with Crippen molar-refractivity contribution >= 4 is 5.91 Å². The SMILES string of the molecule is CN(CC1(O)CCOCC1)C(=O)c1cccc(CCN)c1. The monoisotopic (exact) mass is 292 g/mol. The van der Waals surface area contributed by atoms with Gasteiger partial charge in [0.25, 0.3) is 5.91 Å². The second-order valence-electron chi connectivity index (χ2n) is 5.74. The molecule has 3 N–H and O–H groups in total. The molecular weight excluding hydrogens is 268 g/mol. The van der Waals surface area contributed by atoms with Crippen LogP contribution >= 0.6 is 0 Å². The second-order valence-corrected chi connectivity index (χ2v) is 5.74. The number of ether oxygens (including phenoxy) is 1. The highest BCUT2D eigenvalue weighted by Crippen LogP contribution is 2.22. The molecule has 1 amide bonds. The van der Waals surface area contributed by atoms with Gasteiger partial charge in [0.05, 0.1) is 5.60 Å². The Balaban J connectivity index is 2.03. The van der Waals surface area contributed by atoms with Crippen LogP contribution in [0.1, 0.15) is 28.8 Å². The van der Waals surface area contributed by atoms with Crippen LogP contribution in [0.3, 0.4) is 0 Å². The lowest BCUT2D eigenvalue weighted by Gasteiger charge is -2.35. The standard InChI is InChI=1S/C16H24N2O3/c1-18(12-16(20)6-9-21-10-7-16)15(19)14-4-2-3-13(11-14)5-8-17/h2-4,11,20H,5-10,12,17H2,1H3. The Kier molecular flexibility index (Phi) is 5.33. The van der Waals surface area contributed by atoms with E-state index in [2.05, 4.69) is 0 Å². The van der Waals surface area contributed by atoms with E-state index in [1.165, 1.54) is 0 Å². The van der Waals surface area contributed by atoms with E-state index in [0.717, 1.165) is 12.0 Å². The van der Waals surface area contributed by atoms with Crippen LogP contribution in [-0.4, -0.2) is 54.9 Å². The van der Waals surface area contributed by atoms with E-state index >= 15 is 0 Å². The average Bonchev–Trinajstić information content (AvgIpc) is 2.47. The number of rotatable bonds is 5. The highest BCUT2D eigenvalue weighted by Gasteiger charge is 2.32. The Morgan fingerprint density at radius 2 is 2.14 bits per heavy atom. The Hall–Kier alpha value is -1.43. The third-order valence-corrected chi connectivity index (χ3v) is 3.91. The molecule has 1 aromatic rings. The quantitative estimate of drug-likeness (QED) is 0.842. The fourth-order valence-electron chi connectivity index (χ4n) is 2.67. The molecule has 1 heterocycles. The smallest absolute Gasteiger partial charge is 0.253 e. The molecule has 5 heteroatoms. The number of nitrogens with two attached hydrogens (primary N) is 1. The van der Waals surface area contributed by atoms with Crippen molar-refractivity contribution in [2.45, 2.75) is 24.9 Å². The molecule has 0 aromatic heterocycles. The Morgan fingerprint density at radius 3 is 2.81 bits per heavy atom. The van der Waals surface area contributed by atoms with Gasteiger partial charge in [-0.25, -0.2) is 0 Å². The van der Waals surface area contributed by atoms with E-state index in [-0.39, 0.29) is 5.91 Å². The molecule has 1 aromatic carbocycles. The molecule has 0 spiro atoms. The number of aliphatic hydroxyl groups is 1. The molecule has 5 nitrogen and oxygen atoms in total. The molecule has 1 fully saturated rings. The van der Waals surface area contributed by atoms with Gasteiger partial charge in [-0.15, -0.1) is 0 Å². The van der Waals surface area contributed by atoms with Crippen molar-refractivity contribution in [3.05, 3.63) is 35.4 Å². The van der Waals surface area contributed by atoms with Crippen LogP contribution < -0.4 is 5.73 Å². The summed E-state index contributed by atoms with van der Waals surface area (Å²) in [7, 11) is 1.73. The zero-order valence-corrected chi connectivity index (χ0v) is 12.5. The summed E-state index contributed by atoms with van der Waals surface area (Å²) in [6.07, 6.45) is 1.89. The van der Waals surface area contributed by atoms with Gasteiger partial charge in [0.2, 0.25) is 0 Å². The lowest BCUT2D eigenvalue weighted by molar-refractivity contribution is -0.0734. The molecule has 21 heavy (non-hydrogen) atoms. The molecule has 1 saturated heterocycles. The van der Waals surface area contributed by atoms with Gasteiger partial charge in [-0.05, 0) is 30.7 Å². The van der Waals surface area contributed by atoms with Gasteiger partial charge in [0, 0.05) is 45.2 Å². The van der Waals surface area contributed by atoms with Crippen molar-refractivity contribution in [1.29, 1.82) is 0 Å². The summed E-state index contributed by atoms with van der Waals surface area (Å²) in [5, 5.41) is 10.5. The summed E-state index contributed by atoms with van der Waals surface area (Å²) in [5.41, 5.74) is 6.41. The van der Waals surface area contributed by atoms with Crippen LogP contribution in [0.5, 0.6) is 0 Å². The summed E-state index contributed by atoms with van der Waals surface area (Å²) in [6.45, 7) is 1.98. The molecule has 0 saturated carbocycles. The average molecular weight is 292 g/mol. The first kappa shape index (κ1) is 15.9. The number of carbonyl (C=O) groups is 1. The van der Waals surface area contributed by atoms with Crippen molar-refractivity contribution in [3.8, 4) is 0 Å². The van der Waals surface area contributed by atoms with Crippen molar-refractivity contribution in [3.63, 3.8) is 0 Å². The second kappa shape index (κ2) is 7.02. The van der Waals surface area contributed by atoms with E-state index in [4.69, 9.17) is 10.5 Å². The minimum atomic E-state index is -0.836. The van der Waals surface area contributed by atoms with E-state index < -0.39 is 5.60 Å². The number of nitrogens with zero attached hydrogens (tertiary/aromatic N) is 1. The molecule has 0 aliphatic carbocycles. The molecule has 0 radical (unpaired) electrons. The molecule has 2 rings (SSSR count). The topological polar surface area (TPSA) is 75.8 Å². The van der Waals surface area contributed by atoms with Crippen molar-refractivity contribution in [2.75, 3.05) is 33.4 Å². The van der Waals surface area contributed by atoms with Gasteiger partial charge in [-0.2, -0.15) is 0 Å². The summed E-state index contributed by atoms with van der Waals surface area (Å²) in [6, 6.07) is 7.51. The molecule has 116 valence electrons. The number of likely N-dealkylation sites (N-methyl/N-ethyl adjacent to an activating group) is 1. The maximum absolute atomic E-state index is 12.5. The minimum absolute atomic E-state index is 0.0752. The van der Waals surface area contributed by atoms with Gasteiger partial charge in [-0.1, -0.05) is 12.1 Å². The van der Waals surface area contributed by atoms with Gasteiger partial charge < -0.3 is 20.5 Å². The number of benzene rings is 1. The molecule has 0 unspecified atom stereocenters. The highest BCUT2D eigenvalue weighted by molar-refractivity contribution is 5.94. The highest BCUT2D eigenvalue weighted by atomic mass is 16.5. The Bertz CT molecular complexity index is 484. The third kappa shape index (κ3) is 4.27. The van der Waals surface area contributed by atoms with E-state index in [0.29, 0.717) is 44.7 Å². The minimum Gasteiger partial charge on any atom is -0.388 e. The number of hydrogen-bond donors (Lipinski definition) is 2. The first-order valence-electron chi connectivity index (χ1n) is 7.39. The fraction of sp³-hybridized carbons (Fsp3) is 0.562.